The van der Waals surface area contributed by atoms with Gasteiger partial charge in [-0.25, -0.2) is 4.79 Å². The van der Waals surface area contributed by atoms with Crippen molar-refractivity contribution in [1.29, 1.82) is 0 Å². The number of alkyl halides is 3. The van der Waals surface area contributed by atoms with Gasteiger partial charge in [0, 0.05) is 19.6 Å². The lowest BCUT2D eigenvalue weighted by molar-refractivity contribution is -0.187. The summed E-state index contributed by atoms with van der Waals surface area (Å²) in [4.78, 5) is 24.1. The van der Waals surface area contributed by atoms with Gasteiger partial charge < -0.3 is 24.8 Å². The quantitative estimate of drug-likeness (QED) is 0.777. The molecule has 1 heterocycles. The number of benzene rings is 1. The predicted octanol–water partition coefficient (Wildman–Crippen LogP) is 2.15. The highest BCUT2D eigenvalue weighted by molar-refractivity contribution is 5.77. The number of urea groups is 1. The number of rotatable bonds is 6. The van der Waals surface area contributed by atoms with Crippen LogP contribution in [-0.2, 0) is 11.2 Å². The van der Waals surface area contributed by atoms with Crippen molar-refractivity contribution in [2.24, 2.45) is 11.8 Å². The summed E-state index contributed by atoms with van der Waals surface area (Å²) in [6.07, 6.45) is -4.25. The lowest BCUT2D eigenvalue weighted by atomic mass is 9.96. The summed E-state index contributed by atoms with van der Waals surface area (Å²) in [5.74, 6) is -4.19. The molecule has 7 nitrogen and oxygen atoms in total. The third-order valence-electron chi connectivity index (χ3n) is 4.48. The topological polar surface area (TPSA) is 88.1 Å². The second kappa shape index (κ2) is 8.36. The molecular weight excluding hydrogens is 369 g/mol. The molecule has 0 aromatic heterocycles. The SMILES string of the molecule is COc1ccc(CCNC(=O)N2C[C@@H](C(F)(F)F)[C@H](C(=O)O)C2)cc1OC. The molecule has 1 aromatic carbocycles. The fourth-order valence-corrected chi connectivity index (χ4v) is 3.01. The number of ether oxygens (including phenoxy) is 2. The third kappa shape index (κ3) is 4.95. The van der Waals surface area contributed by atoms with Crippen LogP contribution in [-0.4, -0.2) is 62.0 Å². The van der Waals surface area contributed by atoms with E-state index in [-0.39, 0.29) is 6.54 Å². The number of carbonyl (C=O) groups excluding carboxylic acids is 1. The van der Waals surface area contributed by atoms with Crippen LogP contribution in [0.15, 0.2) is 18.2 Å². The van der Waals surface area contributed by atoms with E-state index in [1.54, 1.807) is 18.2 Å². The van der Waals surface area contributed by atoms with Gasteiger partial charge in [-0.1, -0.05) is 6.07 Å². The number of hydrogen-bond donors (Lipinski definition) is 2. The van der Waals surface area contributed by atoms with E-state index in [4.69, 9.17) is 14.6 Å². The number of amides is 2. The minimum Gasteiger partial charge on any atom is -0.493 e. The van der Waals surface area contributed by atoms with Crippen molar-refractivity contribution in [1.82, 2.24) is 10.2 Å². The molecule has 27 heavy (non-hydrogen) atoms. The summed E-state index contributed by atoms with van der Waals surface area (Å²) >= 11 is 0. The highest BCUT2D eigenvalue weighted by atomic mass is 19.4. The maximum Gasteiger partial charge on any atom is 0.394 e. The Hall–Kier alpha value is -2.65. The van der Waals surface area contributed by atoms with Gasteiger partial charge in [-0.2, -0.15) is 13.2 Å². The molecule has 0 unspecified atom stereocenters. The van der Waals surface area contributed by atoms with Crippen LogP contribution in [0, 0.1) is 11.8 Å². The van der Waals surface area contributed by atoms with Gasteiger partial charge in [0.15, 0.2) is 11.5 Å². The number of methoxy groups -OCH3 is 2. The fourth-order valence-electron chi connectivity index (χ4n) is 3.01. The number of carboxylic acid groups (broad SMARTS) is 1. The van der Waals surface area contributed by atoms with Gasteiger partial charge in [-0.15, -0.1) is 0 Å². The molecule has 0 bridgehead atoms. The van der Waals surface area contributed by atoms with E-state index in [1.165, 1.54) is 14.2 Å². The predicted molar refractivity (Wildman–Crippen MR) is 88.9 cm³/mol. The van der Waals surface area contributed by atoms with Gasteiger partial charge in [0.1, 0.15) is 0 Å². The first kappa shape index (κ1) is 20.7. The molecule has 2 amide bonds. The number of nitrogens with one attached hydrogen (secondary N) is 1. The molecule has 1 aliphatic rings. The number of nitrogens with zero attached hydrogens (tertiary/aromatic N) is 1. The summed E-state index contributed by atoms with van der Waals surface area (Å²) in [5, 5.41) is 11.5. The largest absolute Gasteiger partial charge is 0.493 e. The number of carbonyl (C=O) groups is 2. The first-order valence-corrected chi connectivity index (χ1v) is 8.20. The maximum absolute atomic E-state index is 13.0. The fraction of sp³-hybridized carbons (Fsp3) is 0.529. The van der Waals surface area contributed by atoms with Crippen LogP contribution < -0.4 is 14.8 Å². The monoisotopic (exact) mass is 390 g/mol. The molecular formula is C17H21F3N2O5. The summed E-state index contributed by atoms with van der Waals surface area (Å²) in [5.41, 5.74) is 0.839. The van der Waals surface area contributed by atoms with E-state index in [1.807, 2.05) is 0 Å². The molecule has 1 fully saturated rings. The average molecular weight is 390 g/mol. The molecule has 2 rings (SSSR count). The van der Waals surface area contributed by atoms with Crippen molar-refractivity contribution >= 4 is 12.0 Å². The van der Waals surface area contributed by atoms with E-state index in [9.17, 15) is 22.8 Å². The van der Waals surface area contributed by atoms with Crippen molar-refractivity contribution in [2.75, 3.05) is 33.9 Å². The minimum absolute atomic E-state index is 0.180. The second-order valence-electron chi connectivity index (χ2n) is 6.17. The van der Waals surface area contributed by atoms with Gasteiger partial charge in [0.2, 0.25) is 0 Å². The average Bonchev–Trinajstić information content (AvgIpc) is 3.07. The van der Waals surface area contributed by atoms with Crippen LogP contribution in [0.1, 0.15) is 5.56 Å². The van der Waals surface area contributed by atoms with Crippen molar-refractivity contribution in [2.45, 2.75) is 12.6 Å². The first-order chi connectivity index (χ1) is 12.7. The number of likely N-dealkylation sites (tertiary alicyclic amines) is 1. The maximum atomic E-state index is 13.0. The second-order valence-corrected chi connectivity index (χ2v) is 6.17. The Morgan fingerprint density at radius 3 is 2.41 bits per heavy atom. The number of carboxylic acids is 1. The van der Waals surface area contributed by atoms with Gasteiger partial charge in [-0.05, 0) is 24.1 Å². The van der Waals surface area contributed by atoms with Gasteiger partial charge in [0.05, 0.1) is 26.1 Å². The van der Waals surface area contributed by atoms with Crippen molar-refractivity contribution in [3.05, 3.63) is 23.8 Å². The number of halogens is 3. The molecule has 0 radical (unpaired) electrons. The van der Waals surface area contributed by atoms with Gasteiger partial charge in [-0.3, -0.25) is 4.79 Å². The molecule has 150 valence electrons. The smallest absolute Gasteiger partial charge is 0.394 e. The lowest BCUT2D eigenvalue weighted by Crippen LogP contribution is -2.40. The Balaban J connectivity index is 1.92. The Kier molecular flexibility index (Phi) is 6.40. The molecule has 0 aliphatic carbocycles. The summed E-state index contributed by atoms with van der Waals surface area (Å²) in [6.45, 7) is -0.955. The zero-order valence-electron chi connectivity index (χ0n) is 14.9. The minimum atomic E-state index is -4.67. The Morgan fingerprint density at radius 2 is 1.89 bits per heavy atom. The first-order valence-electron chi connectivity index (χ1n) is 8.20. The zero-order chi connectivity index (χ0) is 20.2. The lowest BCUT2D eigenvalue weighted by Gasteiger charge is -2.18. The summed E-state index contributed by atoms with van der Waals surface area (Å²) < 4.78 is 49.2. The van der Waals surface area contributed by atoms with Gasteiger partial charge >= 0.3 is 18.2 Å². The van der Waals surface area contributed by atoms with E-state index in [0.29, 0.717) is 17.9 Å². The third-order valence-corrected chi connectivity index (χ3v) is 4.48. The van der Waals surface area contributed by atoms with Crippen molar-refractivity contribution < 1.29 is 37.3 Å². The highest BCUT2D eigenvalue weighted by Crippen LogP contribution is 2.37. The van der Waals surface area contributed by atoms with E-state index < -0.39 is 43.1 Å². The Bertz CT molecular complexity index is 696. The van der Waals surface area contributed by atoms with Crippen LogP contribution in [0.2, 0.25) is 0 Å². The Labute approximate surface area is 154 Å². The van der Waals surface area contributed by atoms with Crippen LogP contribution in [0.25, 0.3) is 0 Å². The van der Waals surface area contributed by atoms with E-state index in [2.05, 4.69) is 5.32 Å². The normalized spacial score (nSPS) is 19.7. The number of aliphatic carboxylic acids is 1. The van der Waals surface area contributed by atoms with Crippen LogP contribution in [0.4, 0.5) is 18.0 Å². The molecule has 2 atom stereocenters. The van der Waals surface area contributed by atoms with Crippen LogP contribution >= 0.6 is 0 Å². The van der Waals surface area contributed by atoms with Crippen molar-refractivity contribution in [3.8, 4) is 11.5 Å². The molecule has 0 saturated carbocycles. The molecule has 1 saturated heterocycles. The Morgan fingerprint density at radius 1 is 1.22 bits per heavy atom. The standard InChI is InChI=1S/C17H21F3N2O5/c1-26-13-4-3-10(7-14(13)27-2)5-6-21-16(25)22-8-11(15(23)24)12(9-22)17(18,19)20/h3-4,7,11-12H,5-6,8-9H2,1-2H3,(H,21,25)(H,23,24)/t11-,12-/m1/s1. The molecule has 1 aliphatic heterocycles. The molecule has 0 spiro atoms. The van der Waals surface area contributed by atoms with Crippen LogP contribution in [0.3, 0.4) is 0 Å². The van der Waals surface area contributed by atoms with E-state index >= 15 is 0 Å². The molecule has 1 aromatic rings. The molecule has 2 N–H and O–H groups in total. The zero-order valence-corrected chi connectivity index (χ0v) is 14.9. The van der Waals surface area contributed by atoms with Gasteiger partial charge in [0.25, 0.3) is 0 Å². The summed E-state index contributed by atoms with van der Waals surface area (Å²) in [6, 6.07) is 4.51. The molecule has 10 heteroatoms. The number of hydrogen-bond acceptors (Lipinski definition) is 4. The highest BCUT2D eigenvalue weighted by Gasteiger charge is 2.53. The van der Waals surface area contributed by atoms with Crippen LogP contribution in [0.5, 0.6) is 11.5 Å². The van der Waals surface area contributed by atoms with E-state index in [0.717, 1.165) is 10.5 Å². The van der Waals surface area contributed by atoms with Crippen molar-refractivity contribution in [3.63, 3.8) is 0 Å². The summed E-state index contributed by atoms with van der Waals surface area (Å²) in [7, 11) is 3.00.